The summed E-state index contributed by atoms with van der Waals surface area (Å²) in [6.07, 6.45) is 4.88. The number of carbonyl (C=O) groups excluding carboxylic acids is 1. The van der Waals surface area contributed by atoms with Crippen LogP contribution < -0.4 is 0 Å². The Morgan fingerprint density at radius 3 is 2.31 bits per heavy atom. The third-order valence-corrected chi connectivity index (χ3v) is 3.87. The molecular formula is C14H25NO. The van der Waals surface area contributed by atoms with Crippen molar-refractivity contribution in [1.29, 1.82) is 0 Å². The quantitative estimate of drug-likeness (QED) is 0.645. The molecule has 0 aromatic heterocycles. The Hall–Kier alpha value is -0.630. The van der Waals surface area contributed by atoms with Crippen LogP contribution in [0.4, 0.5) is 0 Å². The van der Waals surface area contributed by atoms with Crippen LogP contribution in [0.5, 0.6) is 0 Å². The molecule has 2 nitrogen and oxygen atoms in total. The molecule has 0 aromatic carbocycles. The minimum absolute atomic E-state index is 0.230. The summed E-state index contributed by atoms with van der Waals surface area (Å²) >= 11 is 0. The Kier molecular flexibility index (Phi) is 4.72. The maximum absolute atomic E-state index is 12.3. The first-order valence-corrected chi connectivity index (χ1v) is 6.43. The SMILES string of the molecule is C=C(C)CCC(=O)C(C)(CC)N1CCCC1. The lowest BCUT2D eigenvalue weighted by molar-refractivity contribution is -0.130. The molecule has 0 saturated carbocycles. The van der Waals surface area contributed by atoms with E-state index < -0.39 is 0 Å². The Balaban J connectivity index is 2.62. The summed E-state index contributed by atoms with van der Waals surface area (Å²) in [5, 5.41) is 0. The number of ketones is 1. The molecule has 16 heavy (non-hydrogen) atoms. The predicted molar refractivity (Wildman–Crippen MR) is 68.6 cm³/mol. The van der Waals surface area contributed by atoms with Gasteiger partial charge in [-0.05, 0) is 52.6 Å². The topological polar surface area (TPSA) is 20.3 Å². The van der Waals surface area contributed by atoms with Gasteiger partial charge < -0.3 is 0 Å². The molecule has 0 bridgehead atoms. The molecule has 0 N–H and O–H groups in total. The van der Waals surface area contributed by atoms with Crippen molar-refractivity contribution in [3.05, 3.63) is 12.2 Å². The van der Waals surface area contributed by atoms with Gasteiger partial charge in [0.1, 0.15) is 0 Å². The second-order valence-corrected chi connectivity index (χ2v) is 5.20. The smallest absolute Gasteiger partial charge is 0.153 e. The molecule has 1 heterocycles. The predicted octanol–water partition coefficient (Wildman–Crippen LogP) is 3.18. The Morgan fingerprint density at radius 2 is 1.88 bits per heavy atom. The first-order chi connectivity index (χ1) is 7.50. The van der Waals surface area contributed by atoms with Crippen LogP contribution in [0.25, 0.3) is 0 Å². The van der Waals surface area contributed by atoms with Crippen molar-refractivity contribution in [3.63, 3.8) is 0 Å². The number of Topliss-reactive ketones (excluding diaryl/α,β-unsaturated/α-hetero) is 1. The third-order valence-electron chi connectivity index (χ3n) is 3.87. The molecule has 0 amide bonds. The normalized spacial score (nSPS) is 20.7. The van der Waals surface area contributed by atoms with Gasteiger partial charge in [0, 0.05) is 6.42 Å². The number of allylic oxidation sites excluding steroid dienone is 1. The molecule has 0 aromatic rings. The van der Waals surface area contributed by atoms with Crippen LogP contribution in [-0.4, -0.2) is 29.3 Å². The number of hydrogen-bond donors (Lipinski definition) is 0. The van der Waals surface area contributed by atoms with E-state index in [2.05, 4.69) is 25.3 Å². The summed E-state index contributed by atoms with van der Waals surface area (Å²) in [4.78, 5) is 14.7. The van der Waals surface area contributed by atoms with Gasteiger partial charge in [0.05, 0.1) is 5.54 Å². The zero-order chi connectivity index (χ0) is 12.2. The minimum atomic E-state index is -0.230. The number of nitrogens with zero attached hydrogens (tertiary/aromatic N) is 1. The largest absolute Gasteiger partial charge is 0.298 e. The molecule has 1 aliphatic heterocycles. The van der Waals surface area contributed by atoms with Crippen LogP contribution in [0.2, 0.25) is 0 Å². The Morgan fingerprint density at radius 1 is 1.31 bits per heavy atom. The standard InChI is InChI=1S/C14H25NO/c1-5-14(4,15-10-6-7-11-15)13(16)9-8-12(2)3/h2,5-11H2,1,3-4H3. The minimum Gasteiger partial charge on any atom is -0.298 e. The summed E-state index contributed by atoms with van der Waals surface area (Å²) in [6, 6.07) is 0. The summed E-state index contributed by atoms with van der Waals surface area (Å²) in [5.41, 5.74) is 0.875. The number of rotatable bonds is 6. The van der Waals surface area contributed by atoms with Gasteiger partial charge in [-0.15, -0.1) is 6.58 Å². The number of hydrogen-bond acceptors (Lipinski definition) is 2. The summed E-state index contributed by atoms with van der Waals surface area (Å²) in [6.45, 7) is 12.3. The highest BCUT2D eigenvalue weighted by Crippen LogP contribution is 2.27. The maximum Gasteiger partial charge on any atom is 0.153 e. The van der Waals surface area contributed by atoms with Gasteiger partial charge in [0.2, 0.25) is 0 Å². The lowest BCUT2D eigenvalue weighted by Crippen LogP contribution is -2.50. The van der Waals surface area contributed by atoms with Gasteiger partial charge in [-0.1, -0.05) is 12.5 Å². The van der Waals surface area contributed by atoms with Crippen LogP contribution in [0.1, 0.15) is 52.9 Å². The second-order valence-electron chi connectivity index (χ2n) is 5.20. The highest BCUT2D eigenvalue weighted by atomic mass is 16.1. The molecule has 0 radical (unpaired) electrons. The van der Waals surface area contributed by atoms with E-state index in [0.29, 0.717) is 12.2 Å². The van der Waals surface area contributed by atoms with E-state index in [1.54, 1.807) is 0 Å². The summed E-state index contributed by atoms with van der Waals surface area (Å²) in [5.74, 6) is 0.389. The van der Waals surface area contributed by atoms with E-state index >= 15 is 0 Å². The van der Waals surface area contributed by atoms with Crippen molar-refractivity contribution in [2.24, 2.45) is 0 Å². The van der Waals surface area contributed by atoms with Crippen molar-refractivity contribution in [3.8, 4) is 0 Å². The highest BCUT2D eigenvalue weighted by molar-refractivity contribution is 5.88. The van der Waals surface area contributed by atoms with Crippen molar-refractivity contribution in [1.82, 2.24) is 4.90 Å². The molecule has 0 spiro atoms. The summed E-state index contributed by atoms with van der Waals surface area (Å²) < 4.78 is 0. The number of carbonyl (C=O) groups is 1. The maximum atomic E-state index is 12.3. The first-order valence-electron chi connectivity index (χ1n) is 6.43. The molecule has 1 rings (SSSR count). The van der Waals surface area contributed by atoms with Gasteiger partial charge in [0.25, 0.3) is 0 Å². The molecule has 1 unspecified atom stereocenters. The molecular weight excluding hydrogens is 198 g/mol. The van der Waals surface area contributed by atoms with Gasteiger partial charge in [-0.2, -0.15) is 0 Å². The van der Waals surface area contributed by atoms with Gasteiger partial charge in [-0.25, -0.2) is 0 Å². The molecule has 1 saturated heterocycles. The van der Waals surface area contributed by atoms with E-state index in [-0.39, 0.29) is 5.54 Å². The van der Waals surface area contributed by atoms with E-state index in [4.69, 9.17) is 0 Å². The average molecular weight is 223 g/mol. The molecule has 1 atom stereocenters. The second kappa shape index (κ2) is 5.62. The summed E-state index contributed by atoms with van der Waals surface area (Å²) in [7, 11) is 0. The average Bonchev–Trinajstić information content (AvgIpc) is 2.78. The lowest BCUT2D eigenvalue weighted by Gasteiger charge is -2.36. The fraction of sp³-hybridized carbons (Fsp3) is 0.786. The van der Waals surface area contributed by atoms with E-state index in [1.807, 2.05) is 6.92 Å². The first kappa shape index (κ1) is 13.4. The van der Waals surface area contributed by atoms with Crippen molar-refractivity contribution in [2.75, 3.05) is 13.1 Å². The van der Waals surface area contributed by atoms with E-state index in [0.717, 1.165) is 31.5 Å². The molecule has 0 aliphatic carbocycles. The fourth-order valence-electron chi connectivity index (χ4n) is 2.40. The zero-order valence-corrected chi connectivity index (χ0v) is 11.0. The zero-order valence-electron chi connectivity index (χ0n) is 11.0. The van der Waals surface area contributed by atoms with Crippen molar-refractivity contribution < 1.29 is 4.79 Å². The lowest BCUT2D eigenvalue weighted by atomic mass is 9.88. The van der Waals surface area contributed by atoms with Crippen LogP contribution in [0.3, 0.4) is 0 Å². The van der Waals surface area contributed by atoms with E-state index in [9.17, 15) is 4.79 Å². The Labute approximate surface area is 99.7 Å². The van der Waals surface area contributed by atoms with Gasteiger partial charge >= 0.3 is 0 Å². The number of likely N-dealkylation sites (tertiary alicyclic amines) is 1. The molecule has 1 aliphatic rings. The molecule has 92 valence electrons. The monoisotopic (exact) mass is 223 g/mol. The molecule has 1 fully saturated rings. The van der Waals surface area contributed by atoms with Crippen LogP contribution in [0, 0.1) is 0 Å². The fourth-order valence-corrected chi connectivity index (χ4v) is 2.40. The van der Waals surface area contributed by atoms with Crippen LogP contribution in [-0.2, 0) is 4.79 Å². The Bertz CT molecular complexity index is 266. The van der Waals surface area contributed by atoms with Gasteiger partial charge in [-0.3, -0.25) is 9.69 Å². The van der Waals surface area contributed by atoms with Crippen LogP contribution in [0.15, 0.2) is 12.2 Å². The van der Waals surface area contributed by atoms with Crippen LogP contribution >= 0.6 is 0 Å². The van der Waals surface area contributed by atoms with Crippen molar-refractivity contribution in [2.45, 2.75) is 58.4 Å². The van der Waals surface area contributed by atoms with Crippen molar-refractivity contribution >= 4 is 5.78 Å². The third kappa shape index (κ3) is 2.94. The van der Waals surface area contributed by atoms with E-state index in [1.165, 1.54) is 12.8 Å². The molecule has 2 heteroatoms. The van der Waals surface area contributed by atoms with Gasteiger partial charge in [0.15, 0.2) is 5.78 Å². The highest BCUT2D eigenvalue weighted by Gasteiger charge is 2.37.